The molecule has 2 saturated heterocycles. The molecule has 5 nitrogen and oxygen atoms in total. The van der Waals surface area contributed by atoms with E-state index in [1.54, 1.807) is 0 Å². The van der Waals surface area contributed by atoms with Gasteiger partial charge in [0.05, 0.1) is 5.92 Å². The summed E-state index contributed by atoms with van der Waals surface area (Å²) in [5.41, 5.74) is 5.40. The summed E-state index contributed by atoms with van der Waals surface area (Å²) in [4.78, 5) is 13.7. The van der Waals surface area contributed by atoms with Gasteiger partial charge in [0.25, 0.3) is 0 Å². The Morgan fingerprint density at radius 2 is 2.12 bits per heavy atom. The Morgan fingerprint density at radius 1 is 1.38 bits per heavy atom. The maximum Gasteiger partial charge on any atom is 0.223 e. The summed E-state index contributed by atoms with van der Waals surface area (Å²) in [6.07, 6.45) is 2.15. The standard InChI is InChI=1S/C11H21N3O2/c12-11(15)9-7-13-3-4-14(8-9)10-1-5-16-6-2-10/h9-10,13H,1-8H2,(H2,12,15). The zero-order valence-corrected chi connectivity index (χ0v) is 9.65. The van der Waals surface area contributed by atoms with Gasteiger partial charge in [-0.05, 0) is 12.8 Å². The molecular formula is C11H21N3O2. The quantitative estimate of drug-likeness (QED) is 0.646. The molecule has 16 heavy (non-hydrogen) atoms. The van der Waals surface area contributed by atoms with E-state index in [1.165, 1.54) is 0 Å². The van der Waals surface area contributed by atoms with Gasteiger partial charge in [-0.25, -0.2) is 0 Å². The first-order chi connectivity index (χ1) is 7.77. The van der Waals surface area contributed by atoms with Crippen LogP contribution in [-0.4, -0.2) is 56.2 Å². The van der Waals surface area contributed by atoms with Gasteiger partial charge < -0.3 is 15.8 Å². The molecule has 1 amide bonds. The maximum absolute atomic E-state index is 11.3. The van der Waals surface area contributed by atoms with E-state index in [0.29, 0.717) is 6.04 Å². The molecular weight excluding hydrogens is 206 g/mol. The number of ether oxygens (including phenoxy) is 1. The molecule has 0 aromatic heterocycles. The van der Waals surface area contributed by atoms with Gasteiger partial charge in [0.1, 0.15) is 0 Å². The summed E-state index contributed by atoms with van der Waals surface area (Å²) in [5.74, 6) is -0.239. The lowest BCUT2D eigenvalue weighted by Crippen LogP contribution is -2.44. The van der Waals surface area contributed by atoms with Gasteiger partial charge in [0.15, 0.2) is 0 Å². The number of nitrogens with zero attached hydrogens (tertiary/aromatic N) is 1. The van der Waals surface area contributed by atoms with Crippen LogP contribution in [-0.2, 0) is 9.53 Å². The fraction of sp³-hybridized carbons (Fsp3) is 0.909. The average molecular weight is 227 g/mol. The first-order valence-corrected chi connectivity index (χ1v) is 6.09. The number of nitrogens with one attached hydrogen (secondary N) is 1. The molecule has 0 spiro atoms. The van der Waals surface area contributed by atoms with Crippen LogP contribution in [0, 0.1) is 5.92 Å². The summed E-state index contributed by atoms with van der Waals surface area (Å²) < 4.78 is 5.36. The Kier molecular flexibility index (Phi) is 4.15. The lowest BCUT2D eigenvalue weighted by atomic mass is 10.0. The van der Waals surface area contributed by atoms with Gasteiger partial charge in [-0.1, -0.05) is 0 Å². The van der Waals surface area contributed by atoms with Crippen molar-refractivity contribution in [3.05, 3.63) is 0 Å². The SMILES string of the molecule is NC(=O)C1CNCCN(C2CCOCC2)C1. The second kappa shape index (κ2) is 5.61. The molecule has 0 aliphatic carbocycles. The van der Waals surface area contributed by atoms with Crippen molar-refractivity contribution >= 4 is 5.91 Å². The van der Waals surface area contributed by atoms with Crippen LogP contribution in [0.3, 0.4) is 0 Å². The zero-order valence-electron chi connectivity index (χ0n) is 9.65. The molecule has 92 valence electrons. The van der Waals surface area contributed by atoms with Gasteiger partial charge >= 0.3 is 0 Å². The molecule has 1 atom stereocenters. The van der Waals surface area contributed by atoms with Gasteiger partial charge in [-0.15, -0.1) is 0 Å². The largest absolute Gasteiger partial charge is 0.381 e. The number of primary amides is 1. The molecule has 0 aromatic rings. The lowest BCUT2D eigenvalue weighted by Gasteiger charge is -2.34. The molecule has 2 aliphatic rings. The summed E-state index contributed by atoms with van der Waals surface area (Å²) in [7, 11) is 0. The highest BCUT2D eigenvalue weighted by Crippen LogP contribution is 2.16. The minimum atomic E-state index is -0.188. The Hall–Kier alpha value is -0.650. The fourth-order valence-corrected chi connectivity index (χ4v) is 2.51. The van der Waals surface area contributed by atoms with E-state index in [2.05, 4.69) is 10.2 Å². The highest BCUT2D eigenvalue weighted by atomic mass is 16.5. The van der Waals surface area contributed by atoms with Crippen molar-refractivity contribution in [1.82, 2.24) is 10.2 Å². The van der Waals surface area contributed by atoms with Gasteiger partial charge in [-0.2, -0.15) is 0 Å². The van der Waals surface area contributed by atoms with E-state index >= 15 is 0 Å². The van der Waals surface area contributed by atoms with Crippen molar-refractivity contribution < 1.29 is 9.53 Å². The number of carbonyl (C=O) groups excluding carboxylic acids is 1. The molecule has 0 aromatic carbocycles. The number of carbonyl (C=O) groups is 1. The van der Waals surface area contributed by atoms with Gasteiger partial charge in [-0.3, -0.25) is 9.69 Å². The second-order valence-corrected chi connectivity index (χ2v) is 4.64. The third kappa shape index (κ3) is 2.93. The van der Waals surface area contributed by atoms with Gasteiger partial charge in [0.2, 0.25) is 5.91 Å². The summed E-state index contributed by atoms with van der Waals surface area (Å²) >= 11 is 0. The van der Waals surface area contributed by atoms with E-state index < -0.39 is 0 Å². The number of nitrogens with two attached hydrogens (primary N) is 1. The van der Waals surface area contributed by atoms with Crippen molar-refractivity contribution in [1.29, 1.82) is 0 Å². The molecule has 0 bridgehead atoms. The first kappa shape index (κ1) is 11.8. The molecule has 1 unspecified atom stereocenters. The monoisotopic (exact) mass is 227 g/mol. The zero-order chi connectivity index (χ0) is 11.4. The molecule has 2 fully saturated rings. The number of hydrogen-bond acceptors (Lipinski definition) is 4. The van der Waals surface area contributed by atoms with Crippen molar-refractivity contribution in [3.63, 3.8) is 0 Å². The summed E-state index contributed by atoms with van der Waals surface area (Å²) in [6, 6.07) is 0.565. The number of rotatable bonds is 2. The minimum absolute atomic E-state index is 0.0506. The van der Waals surface area contributed by atoms with E-state index in [9.17, 15) is 4.79 Å². The second-order valence-electron chi connectivity index (χ2n) is 4.64. The normalized spacial score (nSPS) is 29.9. The lowest BCUT2D eigenvalue weighted by molar-refractivity contribution is -0.122. The van der Waals surface area contributed by atoms with E-state index in [4.69, 9.17) is 10.5 Å². The molecule has 0 saturated carbocycles. The third-order valence-electron chi connectivity index (χ3n) is 3.53. The summed E-state index contributed by atoms with van der Waals surface area (Å²) in [5, 5.41) is 3.27. The first-order valence-electron chi connectivity index (χ1n) is 6.09. The van der Waals surface area contributed by atoms with Crippen LogP contribution in [0.5, 0.6) is 0 Å². The minimum Gasteiger partial charge on any atom is -0.381 e. The Balaban J connectivity index is 1.93. The van der Waals surface area contributed by atoms with E-state index in [1.807, 2.05) is 0 Å². The topological polar surface area (TPSA) is 67.6 Å². The van der Waals surface area contributed by atoms with Crippen LogP contribution in [0.1, 0.15) is 12.8 Å². The molecule has 2 heterocycles. The Bertz CT molecular complexity index is 241. The smallest absolute Gasteiger partial charge is 0.223 e. The van der Waals surface area contributed by atoms with Crippen LogP contribution in [0.2, 0.25) is 0 Å². The Morgan fingerprint density at radius 3 is 2.81 bits per heavy atom. The van der Waals surface area contributed by atoms with Crippen LogP contribution in [0.25, 0.3) is 0 Å². The molecule has 0 radical (unpaired) electrons. The van der Waals surface area contributed by atoms with E-state index in [0.717, 1.165) is 52.2 Å². The highest BCUT2D eigenvalue weighted by molar-refractivity contribution is 5.77. The molecule has 2 aliphatic heterocycles. The fourth-order valence-electron chi connectivity index (χ4n) is 2.51. The third-order valence-corrected chi connectivity index (χ3v) is 3.53. The van der Waals surface area contributed by atoms with Crippen molar-refractivity contribution in [3.8, 4) is 0 Å². The van der Waals surface area contributed by atoms with E-state index in [-0.39, 0.29) is 11.8 Å². The number of hydrogen-bond donors (Lipinski definition) is 2. The van der Waals surface area contributed by atoms with Crippen LogP contribution < -0.4 is 11.1 Å². The maximum atomic E-state index is 11.3. The van der Waals surface area contributed by atoms with Crippen LogP contribution in [0.15, 0.2) is 0 Å². The van der Waals surface area contributed by atoms with Gasteiger partial charge in [0, 0.05) is 45.4 Å². The Labute approximate surface area is 96.3 Å². The van der Waals surface area contributed by atoms with Crippen molar-refractivity contribution in [2.24, 2.45) is 11.7 Å². The van der Waals surface area contributed by atoms with Crippen LogP contribution in [0.4, 0.5) is 0 Å². The molecule has 5 heteroatoms. The number of amides is 1. The van der Waals surface area contributed by atoms with Crippen molar-refractivity contribution in [2.45, 2.75) is 18.9 Å². The van der Waals surface area contributed by atoms with Crippen molar-refractivity contribution in [2.75, 3.05) is 39.4 Å². The summed E-state index contributed by atoms with van der Waals surface area (Å²) in [6.45, 7) is 5.16. The molecule has 2 rings (SSSR count). The predicted molar refractivity (Wildman–Crippen MR) is 61.0 cm³/mol. The highest BCUT2D eigenvalue weighted by Gasteiger charge is 2.27. The molecule has 3 N–H and O–H groups in total. The predicted octanol–water partition coefficient (Wildman–Crippen LogP) is -0.828. The van der Waals surface area contributed by atoms with Crippen LogP contribution >= 0.6 is 0 Å². The average Bonchev–Trinajstić information content (AvgIpc) is 2.56.